The van der Waals surface area contributed by atoms with Crippen molar-refractivity contribution in [1.82, 2.24) is 15.0 Å². The van der Waals surface area contributed by atoms with Gasteiger partial charge in [0.2, 0.25) is 0 Å². The molecule has 0 spiro atoms. The SMILES string of the molecule is CC(N)c1cn(C2CS(=O)(=O)CC2O)nn1. The summed E-state index contributed by atoms with van der Waals surface area (Å²) < 4.78 is 24.0. The molecule has 8 heteroatoms. The Bertz CT molecular complexity index is 481. The normalized spacial score (nSPS) is 30.4. The van der Waals surface area contributed by atoms with Gasteiger partial charge in [0.05, 0.1) is 35.5 Å². The quantitative estimate of drug-likeness (QED) is 0.666. The zero-order valence-corrected chi connectivity index (χ0v) is 9.63. The maximum absolute atomic E-state index is 11.3. The van der Waals surface area contributed by atoms with E-state index in [0.717, 1.165) is 0 Å². The molecule has 1 aliphatic heterocycles. The summed E-state index contributed by atoms with van der Waals surface area (Å²) in [6.45, 7) is 1.76. The molecule has 2 rings (SSSR count). The summed E-state index contributed by atoms with van der Waals surface area (Å²) in [4.78, 5) is 0. The predicted octanol–water partition coefficient (Wildman–Crippen LogP) is -1.37. The molecule has 90 valence electrons. The number of aliphatic hydroxyl groups excluding tert-OH is 1. The Labute approximate surface area is 93.2 Å². The van der Waals surface area contributed by atoms with E-state index in [9.17, 15) is 13.5 Å². The van der Waals surface area contributed by atoms with Crippen molar-refractivity contribution in [2.45, 2.75) is 25.1 Å². The van der Waals surface area contributed by atoms with Crippen LogP contribution in [0.15, 0.2) is 6.20 Å². The van der Waals surface area contributed by atoms with Crippen molar-refractivity contribution in [2.75, 3.05) is 11.5 Å². The maximum Gasteiger partial charge on any atom is 0.155 e. The zero-order chi connectivity index (χ0) is 11.9. The fourth-order valence-electron chi connectivity index (χ4n) is 1.72. The van der Waals surface area contributed by atoms with Gasteiger partial charge in [-0.25, -0.2) is 13.1 Å². The number of nitrogens with two attached hydrogens (primary N) is 1. The lowest BCUT2D eigenvalue weighted by molar-refractivity contribution is 0.145. The molecule has 3 N–H and O–H groups in total. The molecule has 1 aromatic heterocycles. The van der Waals surface area contributed by atoms with Gasteiger partial charge in [-0.05, 0) is 6.92 Å². The topological polar surface area (TPSA) is 111 Å². The second-order valence-corrected chi connectivity index (χ2v) is 6.28. The van der Waals surface area contributed by atoms with Crippen molar-refractivity contribution in [3.05, 3.63) is 11.9 Å². The molecule has 16 heavy (non-hydrogen) atoms. The summed E-state index contributed by atoms with van der Waals surface area (Å²) in [6.07, 6.45) is 0.659. The minimum absolute atomic E-state index is 0.101. The van der Waals surface area contributed by atoms with E-state index >= 15 is 0 Å². The number of sulfone groups is 1. The molecule has 0 bridgehead atoms. The average molecular weight is 246 g/mol. The molecule has 1 aromatic rings. The van der Waals surface area contributed by atoms with E-state index in [2.05, 4.69) is 10.3 Å². The van der Waals surface area contributed by atoms with E-state index in [0.29, 0.717) is 5.69 Å². The fraction of sp³-hybridized carbons (Fsp3) is 0.750. The summed E-state index contributed by atoms with van der Waals surface area (Å²) in [7, 11) is -3.17. The summed E-state index contributed by atoms with van der Waals surface area (Å²) in [5, 5.41) is 17.2. The van der Waals surface area contributed by atoms with Gasteiger partial charge in [-0.3, -0.25) is 0 Å². The number of nitrogens with zero attached hydrogens (tertiary/aromatic N) is 3. The van der Waals surface area contributed by atoms with Gasteiger partial charge in [0.15, 0.2) is 9.84 Å². The Morgan fingerprint density at radius 3 is 2.75 bits per heavy atom. The van der Waals surface area contributed by atoms with Crippen molar-refractivity contribution in [3.8, 4) is 0 Å². The third-order valence-corrected chi connectivity index (χ3v) is 4.33. The van der Waals surface area contributed by atoms with Gasteiger partial charge in [-0.1, -0.05) is 5.21 Å². The molecule has 2 heterocycles. The number of aromatic nitrogens is 3. The Balaban J connectivity index is 2.25. The average Bonchev–Trinajstić information content (AvgIpc) is 2.69. The Kier molecular flexibility index (Phi) is 2.72. The molecule has 1 saturated heterocycles. The van der Waals surface area contributed by atoms with Crippen LogP contribution in [0, 0.1) is 0 Å². The van der Waals surface area contributed by atoms with Crippen LogP contribution in [0.4, 0.5) is 0 Å². The number of rotatable bonds is 2. The first kappa shape index (κ1) is 11.5. The standard InChI is InChI=1S/C8H14N4O3S/c1-5(9)6-2-12(11-10-6)7-3-16(14,15)4-8(7)13/h2,5,7-8,13H,3-4,9H2,1H3. The van der Waals surface area contributed by atoms with Crippen molar-refractivity contribution >= 4 is 9.84 Å². The summed E-state index contributed by atoms with van der Waals surface area (Å²) in [5.74, 6) is -0.318. The Morgan fingerprint density at radius 2 is 2.31 bits per heavy atom. The van der Waals surface area contributed by atoms with Gasteiger partial charge >= 0.3 is 0 Å². The van der Waals surface area contributed by atoms with Crippen LogP contribution in [-0.4, -0.2) is 46.1 Å². The van der Waals surface area contributed by atoms with Gasteiger partial charge in [0.25, 0.3) is 0 Å². The van der Waals surface area contributed by atoms with Crippen molar-refractivity contribution in [2.24, 2.45) is 5.73 Å². The third-order valence-electron chi connectivity index (χ3n) is 2.63. The highest BCUT2D eigenvalue weighted by atomic mass is 32.2. The lowest BCUT2D eigenvalue weighted by Gasteiger charge is -2.11. The van der Waals surface area contributed by atoms with Crippen LogP contribution in [0.3, 0.4) is 0 Å². The second kappa shape index (κ2) is 3.79. The Morgan fingerprint density at radius 1 is 1.62 bits per heavy atom. The van der Waals surface area contributed by atoms with Gasteiger partial charge in [0, 0.05) is 6.04 Å². The minimum atomic E-state index is -3.17. The largest absolute Gasteiger partial charge is 0.390 e. The van der Waals surface area contributed by atoms with Crippen molar-refractivity contribution in [1.29, 1.82) is 0 Å². The van der Waals surface area contributed by atoms with E-state index < -0.39 is 22.0 Å². The summed E-state index contributed by atoms with van der Waals surface area (Å²) in [6, 6.07) is -0.811. The first-order chi connectivity index (χ1) is 7.39. The van der Waals surface area contributed by atoms with Crippen LogP contribution < -0.4 is 5.73 Å². The molecule has 0 aromatic carbocycles. The molecule has 0 radical (unpaired) electrons. The highest BCUT2D eigenvalue weighted by molar-refractivity contribution is 7.91. The van der Waals surface area contributed by atoms with Crippen LogP contribution >= 0.6 is 0 Å². The number of hydrogen-bond acceptors (Lipinski definition) is 6. The van der Waals surface area contributed by atoms with E-state index in [1.54, 1.807) is 13.1 Å². The fourth-order valence-corrected chi connectivity index (χ4v) is 3.50. The number of aliphatic hydroxyl groups is 1. The van der Waals surface area contributed by atoms with E-state index in [1.165, 1.54) is 4.68 Å². The van der Waals surface area contributed by atoms with Crippen LogP contribution in [0.25, 0.3) is 0 Å². The zero-order valence-electron chi connectivity index (χ0n) is 8.81. The number of hydrogen-bond donors (Lipinski definition) is 2. The second-order valence-electron chi connectivity index (χ2n) is 4.12. The molecule has 0 saturated carbocycles. The van der Waals surface area contributed by atoms with Crippen molar-refractivity contribution in [3.63, 3.8) is 0 Å². The highest BCUT2D eigenvalue weighted by Crippen LogP contribution is 2.23. The monoisotopic (exact) mass is 246 g/mol. The molecular formula is C8H14N4O3S. The first-order valence-electron chi connectivity index (χ1n) is 4.95. The highest BCUT2D eigenvalue weighted by Gasteiger charge is 2.38. The predicted molar refractivity (Wildman–Crippen MR) is 56.3 cm³/mol. The molecule has 0 amide bonds. The molecule has 7 nitrogen and oxygen atoms in total. The molecule has 0 aliphatic carbocycles. The molecule has 1 fully saturated rings. The minimum Gasteiger partial charge on any atom is -0.390 e. The maximum atomic E-state index is 11.3. The van der Waals surface area contributed by atoms with Crippen LogP contribution in [0.5, 0.6) is 0 Å². The molecule has 3 atom stereocenters. The molecule has 3 unspecified atom stereocenters. The van der Waals surface area contributed by atoms with Crippen LogP contribution in [0.1, 0.15) is 24.7 Å². The molecule has 1 aliphatic rings. The summed E-state index contributed by atoms with van der Waals surface area (Å²) >= 11 is 0. The van der Waals surface area contributed by atoms with Gasteiger partial charge in [-0.15, -0.1) is 5.10 Å². The van der Waals surface area contributed by atoms with Crippen LogP contribution in [-0.2, 0) is 9.84 Å². The van der Waals surface area contributed by atoms with E-state index in [4.69, 9.17) is 5.73 Å². The smallest absolute Gasteiger partial charge is 0.155 e. The summed E-state index contributed by atoms with van der Waals surface area (Å²) in [5.41, 5.74) is 6.20. The van der Waals surface area contributed by atoms with E-state index in [-0.39, 0.29) is 17.5 Å². The Hall–Kier alpha value is -0.990. The first-order valence-corrected chi connectivity index (χ1v) is 6.77. The lowest BCUT2D eigenvalue weighted by atomic mass is 10.2. The van der Waals surface area contributed by atoms with Gasteiger partial charge in [-0.2, -0.15) is 0 Å². The third kappa shape index (κ3) is 2.08. The lowest BCUT2D eigenvalue weighted by Crippen LogP contribution is -2.22. The van der Waals surface area contributed by atoms with Crippen molar-refractivity contribution < 1.29 is 13.5 Å². The van der Waals surface area contributed by atoms with Crippen LogP contribution in [0.2, 0.25) is 0 Å². The molecular weight excluding hydrogens is 232 g/mol. The van der Waals surface area contributed by atoms with E-state index in [1.807, 2.05) is 0 Å². The van der Waals surface area contributed by atoms with Gasteiger partial charge in [0.1, 0.15) is 0 Å². The van der Waals surface area contributed by atoms with Gasteiger partial charge < -0.3 is 10.8 Å².